The summed E-state index contributed by atoms with van der Waals surface area (Å²) in [5.41, 5.74) is -0.679. The number of hydrogen-bond acceptors (Lipinski definition) is 2. The van der Waals surface area contributed by atoms with Crippen molar-refractivity contribution in [3.8, 4) is 0 Å². The normalized spacial score (nSPS) is 21.2. The van der Waals surface area contributed by atoms with Crippen LogP contribution >= 0.6 is 0 Å². The van der Waals surface area contributed by atoms with E-state index in [0.717, 1.165) is 6.42 Å². The molecule has 0 amide bonds. The second-order valence-corrected chi connectivity index (χ2v) is 2.81. The Kier molecular flexibility index (Phi) is 1.74. The van der Waals surface area contributed by atoms with Gasteiger partial charge in [0.1, 0.15) is 6.29 Å². The smallest absolute Gasteiger partial charge is 0.310 e. The van der Waals surface area contributed by atoms with Gasteiger partial charge in [0.05, 0.1) is 5.41 Å². The zero-order chi connectivity index (χ0) is 7.61. The van der Waals surface area contributed by atoms with E-state index in [1.54, 1.807) is 0 Å². The van der Waals surface area contributed by atoms with Crippen LogP contribution in [0, 0.1) is 5.41 Å². The van der Waals surface area contributed by atoms with Gasteiger partial charge in [-0.05, 0) is 12.8 Å². The fraction of sp³-hybridized carbons (Fsp3) is 0.714. The molecule has 56 valence electrons. The molecule has 1 rings (SSSR count). The molecule has 0 atom stereocenters. The maximum Gasteiger partial charge on any atom is 0.310 e. The lowest BCUT2D eigenvalue weighted by Crippen LogP contribution is -2.38. The summed E-state index contributed by atoms with van der Waals surface area (Å²) in [4.78, 5) is 20.6. The highest BCUT2D eigenvalue weighted by Gasteiger charge is 2.43. The Hall–Kier alpha value is -0.860. The zero-order valence-corrected chi connectivity index (χ0v) is 5.67. The Labute approximate surface area is 59.0 Å². The topological polar surface area (TPSA) is 54.4 Å². The highest BCUT2D eigenvalue weighted by molar-refractivity contribution is 5.79. The van der Waals surface area contributed by atoms with Crippen LogP contribution in [0.1, 0.15) is 25.7 Å². The first-order valence-electron chi connectivity index (χ1n) is 3.38. The van der Waals surface area contributed by atoms with E-state index < -0.39 is 11.4 Å². The molecule has 0 saturated heterocycles. The lowest BCUT2D eigenvalue weighted by atomic mass is 9.67. The van der Waals surface area contributed by atoms with Crippen LogP contribution in [0.4, 0.5) is 0 Å². The van der Waals surface area contributed by atoms with Crippen molar-refractivity contribution in [2.45, 2.75) is 25.7 Å². The number of carbonyl (C=O) groups is 2. The first-order valence-corrected chi connectivity index (χ1v) is 3.38. The van der Waals surface area contributed by atoms with Crippen molar-refractivity contribution in [1.29, 1.82) is 0 Å². The van der Waals surface area contributed by atoms with Crippen molar-refractivity contribution >= 4 is 12.3 Å². The molecule has 1 N–H and O–H groups in total. The van der Waals surface area contributed by atoms with Gasteiger partial charge in [0, 0.05) is 6.42 Å². The minimum absolute atomic E-state index is 0.183. The largest absolute Gasteiger partial charge is 0.481 e. The maximum absolute atomic E-state index is 10.5. The van der Waals surface area contributed by atoms with Gasteiger partial charge in [-0.15, -0.1) is 0 Å². The van der Waals surface area contributed by atoms with Crippen molar-refractivity contribution in [3.05, 3.63) is 0 Å². The Morgan fingerprint density at radius 1 is 1.60 bits per heavy atom. The lowest BCUT2D eigenvalue weighted by molar-refractivity contribution is -0.156. The second kappa shape index (κ2) is 2.40. The van der Waals surface area contributed by atoms with Crippen molar-refractivity contribution in [3.63, 3.8) is 0 Å². The van der Waals surface area contributed by atoms with Gasteiger partial charge in [-0.1, -0.05) is 6.42 Å². The van der Waals surface area contributed by atoms with Gasteiger partial charge in [-0.3, -0.25) is 4.79 Å². The van der Waals surface area contributed by atoms with Crippen LogP contribution in [0.25, 0.3) is 0 Å². The van der Waals surface area contributed by atoms with E-state index in [1.165, 1.54) is 0 Å². The van der Waals surface area contributed by atoms with Crippen LogP contribution in [0.2, 0.25) is 0 Å². The van der Waals surface area contributed by atoms with E-state index in [2.05, 4.69) is 0 Å². The Bertz CT molecular complexity index is 158. The molecule has 0 radical (unpaired) electrons. The number of rotatable bonds is 3. The molecule has 1 fully saturated rings. The fourth-order valence-corrected chi connectivity index (χ4v) is 1.27. The van der Waals surface area contributed by atoms with E-state index in [9.17, 15) is 9.59 Å². The zero-order valence-electron chi connectivity index (χ0n) is 5.67. The standard InChI is InChI=1S/C7H10O3/c8-5-4-7(6(9)10)2-1-3-7/h5H,1-4H2,(H,9,10). The average Bonchev–Trinajstić information content (AvgIpc) is 1.77. The molecular formula is C7H10O3. The number of aliphatic carboxylic acids is 1. The van der Waals surface area contributed by atoms with E-state index in [-0.39, 0.29) is 6.42 Å². The Morgan fingerprint density at radius 3 is 2.30 bits per heavy atom. The minimum atomic E-state index is -0.814. The van der Waals surface area contributed by atoms with Gasteiger partial charge in [0.25, 0.3) is 0 Å². The van der Waals surface area contributed by atoms with Gasteiger partial charge in [0.15, 0.2) is 0 Å². The predicted molar refractivity (Wildman–Crippen MR) is 34.6 cm³/mol. The van der Waals surface area contributed by atoms with Crippen molar-refractivity contribution in [1.82, 2.24) is 0 Å². The summed E-state index contributed by atoms with van der Waals surface area (Å²) in [6, 6.07) is 0. The molecule has 0 aliphatic heterocycles. The summed E-state index contributed by atoms with van der Waals surface area (Å²) in [6.07, 6.45) is 3.16. The quantitative estimate of drug-likeness (QED) is 0.594. The summed E-state index contributed by atoms with van der Waals surface area (Å²) in [5, 5.41) is 8.66. The van der Waals surface area contributed by atoms with E-state index >= 15 is 0 Å². The minimum Gasteiger partial charge on any atom is -0.481 e. The molecule has 3 heteroatoms. The molecule has 1 aliphatic carbocycles. The number of aldehydes is 1. The summed E-state index contributed by atoms with van der Waals surface area (Å²) in [6.45, 7) is 0. The van der Waals surface area contributed by atoms with Crippen LogP contribution in [0.3, 0.4) is 0 Å². The summed E-state index contributed by atoms with van der Waals surface area (Å²) >= 11 is 0. The second-order valence-electron chi connectivity index (χ2n) is 2.81. The first kappa shape index (κ1) is 7.25. The molecule has 0 spiro atoms. The molecule has 1 aliphatic rings. The lowest BCUT2D eigenvalue weighted by Gasteiger charge is -2.35. The Morgan fingerprint density at radius 2 is 2.20 bits per heavy atom. The molecule has 0 aromatic heterocycles. The fourth-order valence-electron chi connectivity index (χ4n) is 1.27. The van der Waals surface area contributed by atoms with Crippen molar-refractivity contribution in [2.24, 2.45) is 5.41 Å². The van der Waals surface area contributed by atoms with Gasteiger partial charge in [0.2, 0.25) is 0 Å². The van der Waals surface area contributed by atoms with Gasteiger partial charge in [-0.25, -0.2) is 0 Å². The van der Waals surface area contributed by atoms with E-state index in [0.29, 0.717) is 19.1 Å². The Balaban J connectivity index is 2.58. The van der Waals surface area contributed by atoms with Gasteiger partial charge >= 0.3 is 5.97 Å². The van der Waals surface area contributed by atoms with E-state index in [1.807, 2.05) is 0 Å². The summed E-state index contributed by atoms with van der Waals surface area (Å²) in [5.74, 6) is -0.814. The third-order valence-corrected chi connectivity index (χ3v) is 2.24. The highest BCUT2D eigenvalue weighted by Crippen LogP contribution is 2.43. The molecule has 1 saturated carbocycles. The first-order chi connectivity index (χ1) is 4.71. The molecule has 0 bridgehead atoms. The molecule has 0 aromatic carbocycles. The van der Waals surface area contributed by atoms with Crippen LogP contribution < -0.4 is 0 Å². The summed E-state index contributed by atoms with van der Waals surface area (Å²) in [7, 11) is 0. The maximum atomic E-state index is 10.5. The predicted octanol–water partition coefficient (Wildman–Crippen LogP) is 0.830. The van der Waals surface area contributed by atoms with Crippen LogP contribution in [0.5, 0.6) is 0 Å². The number of carbonyl (C=O) groups excluding carboxylic acids is 1. The van der Waals surface area contributed by atoms with Crippen LogP contribution in [0.15, 0.2) is 0 Å². The van der Waals surface area contributed by atoms with Gasteiger partial charge in [-0.2, -0.15) is 0 Å². The van der Waals surface area contributed by atoms with Crippen molar-refractivity contribution < 1.29 is 14.7 Å². The molecule has 0 heterocycles. The number of carboxylic acid groups (broad SMARTS) is 1. The molecule has 0 aromatic rings. The van der Waals surface area contributed by atoms with Gasteiger partial charge < -0.3 is 9.90 Å². The number of carboxylic acids is 1. The molecule has 10 heavy (non-hydrogen) atoms. The third kappa shape index (κ3) is 0.916. The van der Waals surface area contributed by atoms with E-state index in [4.69, 9.17) is 5.11 Å². The average molecular weight is 142 g/mol. The highest BCUT2D eigenvalue weighted by atomic mass is 16.4. The number of hydrogen-bond donors (Lipinski definition) is 1. The summed E-state index contributed by atoms with van der Waals surface area (Å²) < 4.78 is 0. The van der Waals surface area contributed by atoms with Crippen LogP contribution in [-0.2, 0) is 9.59 Å². The van der Waals surface area contributed by atoms with Crippen LogP contribution in [-0.4, -0.2) is 17.4 Å². The molecular weight excluding hydrogens is 132 g/mol. The molecule has 3 nitrogen and oxygen atoms in total. The van der Waals surface area contributed by atoms with Crippen molar-refractivity contribution in [2.75, 3.05) is 0 Å². The molecule has 0 unspecified atom stereocenters. The third-order valence-electron chi connectivity index (χ3n) is 2.24. The SMILES string of the molecule is O=CCC1(C(=O)O)CCC1. The monoisotopic (exact) mass is 142 g/mol.